The summed E-state index contributed by atoms with van der Waals surface area (Å²) in [6.07, 6.45) is 1.74. The third-order valence-corrected chi connectivity index (χ3v) is 12.7. The molecule has 9 rings (SSSR count). The van der Waals surface area contributed by atoms with E-state index in [-0.39, 0.29) is 0 Å². The van der Waals surface area contributed by atoms with E-state index in [4.69, 9.17) is 22.2 Å². The third-order valence-electron chi connectivity index (χ3n) is 10.4. The van der Waals surface area contributed by atoms with Gasteiger partial charge in [-0.05, 0) is 102 Å². The summed E-state index contributed by atoms with van der Waals surface area (Å²) >= 11 is 3.48. The molecule has 2 heterocycles. The van der Waals surface area contributed by atoms with Crippen molar-refractivity contribution in [1.82, 2.24) is 0 Å². The Morgan fingerprint density at radius 3 is 1.08 bits per heavy atom. The van der Waals surface area contributed by atoms with Crippen molar-refractivity contribution in [3.05, 3.63) is 194 Å². The first-order chi connectivity index (χ1) is 29.5. The van der Waals surface area contributed by atoms with Crippen LogP contribution in [0.4, 0.5) is 55.5 Å². The molecule has 0 atom stereocenters. The molecule has 8 heteroatoms. The molecule has 0 amide bonds. The molecule has 0 spiro atoms. The summed E-state index contributed by atoms with van der Waals surface area (Å²) in [6.45, 7) is 1.88. The lowest BCUT2D eigenvalue weighted by Gasteiger charge is -2.23. The average molecular weight is 815 g/mol. The first-order valence-corrected chi connectivity index (χ1v) is 21.3. The van der Waals surface area contributed by atoms with Gasteiger partial charge in [0.2, 0.25) is 0 Å². The quantitative estimate of drug-likeness (QED) is 0.0892. The van der Waals surface area contributed by atoms with Crippen LogP contribution in [0.15, 0.2) is 199 Å². The van der Waals surface area contributed by atoms with Crippen LogP contribution >= 0.6 is 22.7 Å². The van der Waals surface area contributed by atoms with Crippen molar-refractivity contribution < 1.29 is 0 Å². The van der Waals surface area contributed by atoms with Crippen molar-refractivity contribution in [2.75, 3.05) is 27.0 Å². The lowest BCUT2D eigenvalue weighted by atomic mass is 9.91. The molecule has 2 aromatic heterocycles. The molecule has 0 aliphatic heterocycles. The van der Waals surface area contributed by atoms with Crippen molar-refractivity contribution in [2.45, 2.75) is 6.92 Å². The molecular formula is C52H42N6S2. The fraction of sp³-hybridized carbons (Fsp3) is 0.0192. The van der Waals surface area contributed by atoms with E-state index in [1.807, 2.05) is 31.2 Å². The number of hydrogen-bond donors (Lipinski definition) is 3. The Balaban J connectivity index is 1.01. The molecule has 0 radical (unpaired) electrons. The molecule has 6 N–H and O–H groups in total. The van der Waals surface area contributed by atoms with Gasteiger partial charge in [-0.1, -0.05) is 121 Å². The Bertz CT molecular complexity index is 2810. The van der Waals surface area contributed by atoms with Gasteiger partial charge in [0, 0.05) is 49.8 Å². The predicted octanol–water partition coefficient (Wildman–Crippen LogP) is 14.9. The molecule has 9 aromatic rings. The fourth-order valence-corrected chi connectivity index (χ4v) is 9.69. The number of benzene rings is 7. The van der Waals surface area contributed by atoms with Gasteiger partial charge in [0.1, 0.15) is 10.0 Å². The van der Waals surface area contributed by atoms with Gasteiger partial charge < -0.3 is 27.0 Å². The molecule has 7 aromatic carbocycles. The van der Waals surface area contributed by atoms with Crippen LogP contribution in [0.3, 0.4) is 0 Å². The second-order valence-corrected chi connectivity index (χ2v) is 16.3. The Hall–Kier alpha value is -7.39. The minimum absolute atomic E-state index is 0.430. The van der Waals surface area contributed by atoms with E-state index in [2.05, 4.69) is 180 Å². The second-order valence-electron chi connectivity index (χ2n) is 14.2. The zero-order valence-corrected chi connectivity index (χ0v) is 34.6. The zero-order valence-electron chi connectivity index (χ0n) is 32.9. The maximum atomic E-state index is 7.00. The largest absolute Gasteiger partial charge is 0.396 e. The monoisotopic (exact) mass is 814 g/mol. The van der Waals surface area contributed by atoms with Crippen LogP contribution in [0.1, 0.15) is 6.92 Å². The molecule has 60 heavy (non-hydrogen) atoms. The summed E-state index contributed by atoms with van der Waals surface area (Å²) in [5.41, 5.74) is 32.5. The third kappa shape index (κ3) is 7.41. The summed E-state index contributed by atoms with van der Waals surface area (Å²) < 4.78 is 0. The fourth-order valence-electron chi connectivity index (χ4n) is 7.59. The molecule has 0 aliphatic carbocycles. The Labute approximate surface area is 358 Å². The first-order valence-electron chi connectivity index (χ1n) is 19.7. The Morgan fingerprint density at radius 1 is 0.383 bits per heavy atom. The summed E-state index contributed by atoms with van der Waals surface area (Å²) in [7, 11) is 0. The van der Waals surface area contributed by atoms with Gasteiger partial charge in [0.25, 0.3) is 0 Å². The highest BCUT2D eigenvalue weighted by Crippen LogP contribution is 2.51. The molecule has 0 unspecified atom stereocenters. The minimum atomic E-state index is 0.430. The van der Waals surface area contributed by atoms with Gasteiger partial charge >= 0.3 is 0 Å². The SMILES string of the molecule is CC=Nc1c(N)c(-c2ccc(-c3ccc(N(c4ccccc4)c4ccccc4)s3)cc2)c(N)c(N)c1-c1ccc(-c2ccc(N(c3ccccc3)c3ccccc3)s2)cc1. The highest BCUT2D eigenvalue weighted by molar-refractivity contribution is 7.19. The summed E-state index contributed by atoms with van der Waals surface area (Å²) in [5, 5.41) is 2.24. The molecule has 6 nitrogen and oxygen atoms in total. The highest BCUT2D eigenvalue weighted by Gasteiger charge is 2.23. The number of anilines is 9. The van der Waals surface area contributed by atoms with Crippen LogP contribution in [0.5, 0.6) is 0 Å². The Kier molecular flexibility index (Phi) is 10.7. The smallest absolute Gasteiger partial charge is 0.101 e. The van der Waals surface area contributed by atoms with E-state index in [9.17, 15) is 0 Å². The molecule has 0 bridgehead atoms. The molecule has 0 saturated heterocycles. The number of hydrogen-bond acceptors (Lipinski definition) is 8. The summed E-state index contributed by atoms with van der Waals surface area (Å²) in [4.78, 5) is 11.6. The molecule has 0 aliphatic rings. The zero-order chi connectivity index (χ0) is 41.0. The van der Waals surface area contributed by atoms with Crippen LogP contribution in [0.25, 0.3) is 43.1 Å². The lowest BCUT2D eigenvalue weighted by Crippen LogP contribution is -2.07. The number of nitrogens with two attached hydrogens (primary N) is 3. The van der Waals surface area contributed by atoms with E-state index >= 15 is 0 Å². The lowest BCUT2D eigenvalue weighted by molar-refractivity contribution is 1.32. The maximum Gasteiger partial charge on any atom is 0.101 e. The van der Waals surface area contributed by atoms with E-state index in [0.29, 0.717) is 33.9 Å². The van der Waals surface area contributed by atoms with Crippen LogP contribution in [-0.4, -0.2) is 6.21 Å². The van der Waals surface area contributed by atoms with E-state index < -0.39 is 0 Å². The molecular weight excluding hydrogens is 773 g/mol. The Morgan fingerprint density at radius 2 is 0.717 bits per heavy atom. The summed E-state index contributed by atoms with van der Waals surface area (Å²) in [6, 6.07) is 67.1. The number of aliphatic imine (C=N–C) groups is 1. The standard InChI is InChI=1S/C52H42N6S2/c1-2-56-52-48(38-29-25-36(26-30-38)44-32-34-46(60-44)58(41-19-11-5-12-20-41)42-21-13-6-14-22-42)50(54)49(53)47(51(52)55)37-27-23-35(24-28-37)43-31-33-45(59-43)57(39-15-7-3-8-16-39)40-17-9-4-10-18-40/h2-34H,53-55H2,1H3. The number of nitrogens with zero attached hydrogens (tertiary/aromatic N) is 3. The van der Waals surface area contributed by atoms with Crippen molar-refractivity contribution in [1.29, 1.82) is 0 Å². The molecule has 0 saturated carbocycles. The highest BCUT2D eigenvalue weighted by atomic mass is 32.1. The molecule has 0 fully saturated rings. The van der Waals surface area contributed by atoms with Crippen LogP contribution in [0, 0.1) is 0 Å². The number of rotatable bonds is 11. The molecule has 292 valence electrons. The van der Waals surface area contributed by atoms with Crippen molar-refractivity contribution in [3.63, 3.8) is 0 Å². The van der Waals surface area contributed by atoms with Gasteiger partial charge in [-0.15, -0.1) is 22.7 Å². The first kappa shape index (κ1) is 38.1. The van der Waals surface area contributed by atoms with Crippen molar-refractivity contribution >= 4 is 84.4 Å². The second kappa shape index (κ2) is 16.8. The van der Waals surface area contributed by atoms with Crippen molar-refractivity contribution in [2.24, 2.45) is 4.99 Å². The van der Waals surface area contributed by atoms with Crippen LogP contribution < -0.4 is 27.0 Å². The van der Waals surface area contributed by atoms with E-state index in [1.54, 1.807) is 28.9 Å². The van der Waals surface area contributed by atoms with Gasteiger partial charge in [0.05, 0.1) is 22.7 Å². The van der Waals surface area contributed by atoms with E-state index in [1.165, 1.54) is 0 Å². The van der Waals surface area contributed by atoms with Crippen molar-refractivity contribution in [3.8, 4) is 43.1 Å². The topological polar surface area (TPSA) is 96.9 Å². The van der Waals surface area contributed by atoms with Crippen LogP contribution in [0.2, 0.25) is 0 Å². The summed E-state index contributed by atoms with van der Waals surface area (Å²) in [5.74, 6) is 0. The number of nitrogen functional groups attached to an aromatic ring is 3. The van der Waals surface area contributed by atoms with Crippen LogP contribution in [-0.2, 0) is 0 Å². The maximum absolute atomic E-state index is 7.00. The van der Waals surface area contributed by atoms with Gasteiger partial charge in [-0.25, -0.2) is 0 Å². The van der Waals surface area contributed by atoms with Gasteiger partial charge in [-0.3, -0.25) is 4.99 Å². The minimum Gasteiger partial charge on any atom is -0.396 e. The predicted molar refractivity (Wildman–Crippen MR) is 260 cm³/mol. The number of thiophene rings is 2. The van der Waals surface area contributed by atoms with Gasteiger partial charge in [0.15, 0.2) is 0 Å². The average Bonchev–Trinajstić information content (AvgIpc) is 3.99. The normalized spacial score (nSPS) is 11.2. The van der Waals surface area contributed by atoms with E-state index in [0.717, 1.165) is 64.8 Å². The number of para-hydroxylation sites is 4. The van der Waals surface area contributed by atoms with Gasteiger partial charge in [-0.2, -0.15) is 0 Å².